The SMILES string of the molecule is CSCc1nc2ccccc2n1CC(=O)NCC1Cc2ccccc2O1. The number of hydrogen-bond acceptors (Lipinski definition) is 4. The number of para-hydroxylation sites is 3. The number of amides is 1. The summed E-state index contributed by atoms with van der Waals surface area (Å²) in [5.74, 6) is 2.62. The van der Waals surface area contributed by atoms with Crippen molar-refractivity contribution in [2.45, 2.75) is 24.8 Å². The molecule has 0 spiro atoms. The molecule has 2 heterocycles. The normalized spacial score (nSPS) is 15.7. The molecule has 4 rings (SSSR count). The minimum Gasteiger partial charge on any atom is -0.488 e. The average Bonchev–Trinajstić information content (AvgIpc) is 3.22. The first-order valence-electron chi connectivity index (χ1n) is 8.69. The van der Waals surface area contributed by atoms with E-state index in [0.717, 1.165) is 34.8 Å². The second-order valence-corrected chi connectivity index (χ2v) is 7.26. The first kappa shape index (κ1) is 17.0. The van der Waals surface area contributed by atoms with Crippen LogP contribution in [0.15, 0.2) is 48.5 Å². The molecule has 0 saturated carbocycles. The van der Waals surface area contributed by atoms with Crippen molar-refractivity contribution in [2.24, 2.45) is 0 Å². The molecule has 3 aromatic rings. The van der Waals surface area contributed by atoms with Crippen LogP contribution in [0.5, 0.6) is 5.75 Å². The number of benzene rings is 2. The fourth-order valence-corrected chi connectivity index (χ4v) is 3.81. The third-order valence-electron chi connectivity index (χ3n) is 4.55. The van der Waals surface area contributed by atoms with Crippen LogP contribution in [0, 0.1) is 0 Å². The standard InChI is InChI=1S/C20H21N3O2S/c1-26-13-19-22-16-7-3-4-8-17(16)23(19)12-20(24)21-11-15-10-14-6-2-5-9-18(14)25-15/h2-9,15H,10-13H2,1H3,(H,21,24). The van der Waals surface area contributed by atoms with Gasteiger partial charge in [0.05, 0.1) is 23.3 Å². The third-order valence-corrected chi connectivity index (χ3v) is 5.10. The highest BCUT2D eigenvalue weighted by Gasteiger charge is 2.23. The topological polar surface area (TPSA) is 56.2 Å². The molecule has 1 atom stereocenters. The van der Waals surface area contributed by atoms with Crippen molar-refractivity contribution in [3.63, 3.8) is 0 Å². The van der Waals surface area contributed by atoms with Crippen LogP contribution in [0.1, 0.15) is 11.4 Å². The number of nitrogens with one attached hydrogen (secondary N) is 1. The lowest BCUT2D eigenvalue weighted by molar-refractivity contribution is -0.121. The van der Waals surface area contributed by atoms with Gasteiger partial charge in [-0.2, -0.15) is 11.8 Å². The highest BCUT2D eigenvalue weighted by Crippen LogP contribution is 2.27. The molecule has 134 valence electrons. The molecule has 1 N–H and O–H groups in total. The number of aromatic nitrogens is 2. The first-order valence-corrected chi connectivity index (χ1v) is 10.1. The summed E-state index contributed by atoms with van der Waals surface area (Å²) in [6.45, 7) is 0.786. The van der Waals surface area contributed by atoms with E-state index in [9.17, 15) is 4.79 Å². The van der Waals surface area contributed by atoms with Crippen LogP contribution in [0.25, 0.3) is 11.0 Å². The Hall–Kier alpha value is -2.47. The smallest absolute Gasteiger partial charge is 0.240 e. The van der Waals surface area contributed by atoms with Crippen molar-refractivity contribution < 1.29 is 9.53 Å². The number of nitrogens with zero attached hydrogens (tertiary/aromatic N) is 2. The van der Waals surface area contributed by atoms with Crippen molar-refractivity contribution in [2.75, 3.05) is 12.8 Å². The Bertz CT molecular complexity index is 913. The lowest BCUT2D eigenvalue weighted by Crippen LogP contribution is -2.36. The Balaban J connectivity index is 1.41. The molecule has 1 aliphatic rings. The molecule has 1 aliphatic heterocycles. The van der Waals surface area contributed by atoms with Crippen molar-refractivity contribution in [1.82, 2.24) is 14.9 Å². The summed E-state index contributed by atoms with van der Waals surface area (Å²) >= 11 is 1.70. The van der Waals surface area contributed by atoms with E-state index in [2.05, 4.69) is 16.4 Å². The molecular weight excluding hydrogens is 346 g/mol. The lowest BCUT2D eigenvalue weighted by atomic mass is 10.1. The van der Waals surface area contributed by atoms with Gasteiger partial charge >= 0.3 is 0 Å². The van der Waals surface area contributed by atoms with E-state index in [-0.39, 0.29) is 18.6 Å². The Morgan fingerprint density at radius 3 is 2.92 bits per heavy atom. The molecule has 0 bridgehead atoms. The zero-order valence-corrected chi connectivity index (χ0v) is 15.5. The summed E-state index contributed by atoms with van der Waals surface area (Å²) in [5.41, 5.74) is 3.13. The number of thioether (sulfide) groups is 1. The fourth-order valence-electron chi connectivity index (χ4n) is 3.34. The molecule has 0 fully saturated rings. The van der Waals surface area contributed by atoms with E-state index in [1.807, 2.05) is 53.3 Å². The molecule has 0 radical (unpaired) electrons. The van der Waals surface area contributed by atoms with Crippen LogP contribution in [0.2, 0.25) is 0 Å². The van der Waals surface area contributed by atoms with Crippen LogP contribution >= 0.6 is 11.8 Å². The summed E-state index contributed by atoms with van der Waals surface area (Å²) in [6.07, 6.45) is 2.88. The molecule has 2 aromatic carbocycles. The number of rotatable bonds is 6. The molecule has 6 heteroatoms. The van der Waals surface area contributed by atoms with Crippen LogP contribution in [0.3, 0.4) is 0 Å². The molecular formula is C20H21N3O2S. The number of carbonyl (C=O) groups excluding carboxylic acids is 1. The van der Waals surface area contributed by atoms with Gasteiger partial charge in [0.15, 0.2) is 0 Å². The minimum atomic E-state index is -0.0185. The molecule has 1 amide bonds. The largest absolute Gasteiger partial charge is 0.488 e. The summed E-state index contributed by atoms with van der Waals surface area (Å²) in [5, 5.41) is 3.01. The maximum atomic E-state index is 12.5. The zero-order valence-electron chi connectivity index (χ0n) is 14.6. The predicted octanol–water partition coefficient (Wildman–Crippen LogP) is 3.02. The van der Waals surface area contributed by atoms with Crippen molar-refractivity contribution in [1.29, 1.82) is 0 Å². The van der Waals surface area contributed by atoms with Gasteiger partial charge in [-0.15, -0.1) is 0 Å². The maximum absolute atomic E-state index is 12.5. The van der Waals surface area contributed by atoms with Crippen LogP contribution in [-0.4, -0.2) is 34.4 Å². The van der Waals surface area contributed by atoms with Crippen LogP contribution in [-0.2, 0) is 23.5 Å². The van der Waals surface area contributed by atoms with Gasteiger partial charge in [0.25, 0.3) is 0 Å². The van der Waals surface area contributed by atoms with Gasteiger partial charge in [-0.1, -0.05) is 30.3 Å². The monoisotopic (exact) mass is 367 g/mol. The van der Waals surface area contributed by atoms with E-state index >= 15 is 0 Å². The van der Waals surface area contributed by atoms with Crippen molar-refractivity contribution in [3.05, 3.63) is 59.9 Å². The number of carbonyl (C=O) groups is 1. The van der Waals surface area contributed by atoms with Gasteiger partial charge in [-0.25, -0.2) is 4.98 Å². The van der Waals surface area contributed by atoms with Gasteiger partial charge < -0.3 is 14.6 Å². The summed E-state index contributed by atoms with van der Waals surface area (Å²) in [4.78, 5) is 17.2. The van der Waals surface area contributed by atoms with Gasteiger partial charge in [0, 0.05) is 6.42 Å². The zero-order chi connectivity index (χ0) is 17.9. The fraction of sp³-hybridized carbons (Fsp3) is 0.300. The second-order valence-electron chi connectivity index (χ2n) is 6.39. The van der Waals surface area contributed by atoms with Crippen LogP contribution in [0.4, 0.5) is 0 Å². The molecule has 5 nitrogen and oxygen atoms in total. The summed E-state index contributed by atoms with van der Waals surface area (Å²) in [6, 6.07) is 16.0. The molecule has 26 heavy (non-hydrogen) atoms. The number of hydrogen-bond donors (Lipinski definition) is 1. The van der Waals surface area contributed by atoms with Gasteiger partial charge in [-0.3, -0.25) is 4.79 Å². The Labute approximate surface area is 156 Å². The van der Waals surface area contributed by atoms with Crippen molar-refractivity contribution >= 4 is 28.7 Å². The van der Waals surface area contributed by atoms with E-state index < -0.39 is 0 Å². The quantitative estimate of drug-likeness (QED) is 0.728. The molecule has 1 aromatic heterocycles. The van der Waals surface area contributed by atoms with Crippen LogP contribution < -0.4 is 10.1 Å². The number of fused-ring (bicyclic) bond motifs is 2. The Morgan fingerprint density at radius 2 is 2.08 bits per heavy atom. The maximum Gasteiger partial charge on any atom is 0.240 e. The average molecular weight is 367 g/mol. The Kier molecular flexibility index (Phi) is 4.84. The number of ether oxygens (including phenoxy) is 1. The molecule has 0 aliphatic carbocycles. The van der Waals surface area contributed by atoms with E-state index in [1.165, 1.54) is 5.56 Å². The van der Waals surface area contributed by atoms with E-state index in [0.29, 0.717) is 6.54 Å². The second kappa shape index (κ2) is 7.41. The van der Waals surface area contributed by atoms with Crippen molar-refractivity contribution in [3.8, 4) is 5.75 Å². The lowest BCUT2D eigenvalue weighted by Gasteiger charge is -2.13. The van der Waals surface area contributed by atoms with Gasteiger partial charge in [0.1, 0.15) is 24.2 Å². The molecule has 0 saturated heterocycles. The molecule has 1 unspecified atom stereocenters. The minimum absolute atomic E-state index is 0.00143. The Morgan fingerprint density at radius 1 is 1.27 bits per heavy atom. The highest BCUT2D eigenvalue weighted by molar-refractivity contribution is 7.97. The summed E-state index contributed by atoms with van der Waals surface area (Å²) < 4.78 is 7.89. The summed E-state index contributed by atoms with van der Waals surface area (Å²) in [7, 11) is 0. The number of imidazole rings is 1. The first-order chi connectivity index (χ1) is 12.7. The predicted molar refractivity (Wildman–Crippen MR) is 105 cm³/mol. The highest BCUT2D eigenvalue weighted by atomic mass is 32.2. The van der Waals surface area contributed by atoms with Gasteiger partial charge in [0.2, 0.25) is 5.91 Å². The van der Waals surface area contributed by atoms with Gasteiger partial charge in [-0.05, 0) is 30.0 Å². The van der Waals surface area contributed by atoms with E-state index in [4.69, 9.17) is 4.74 Å². The third kappa shape index (κ3) is 3.42. The van der Waals surface area contributed by atoms with E-state index in [1.54, 1.807) is 11.8 Å².